The van der Waals surface area contributed by atoms with Crippen molar-refractivity contribution >= 4 is 72.9 Å². The number of hydrogen-bond acceptors (Lipinski definition) is 7. The summed E-state index contributed by atoms with van der Waals surface area (Å²) in [6, 6.07) is 10.5. The van der Waals surface area contributed by atoms with Crippen molar-refractivity contribution in [2.24, 2.45) is 0 Å². The van der Waals surface area contributed by atoms with Crippen molar-refractivity contribution in [1.29, 1.82) is 5.41 Å². The maximum atomic E-state index is 10.0. The molecule has 6 rings (SSSR count). The van der Waals surface area contributed by atoms with Crippen LogP contribution in [0.2, 0.25) is 0 Å². The van der Waals surface area contributed by atoms with Gasteiger partial charge in [-0.15, -0.1) is 0 Å². The van der Waals surface area contributed by atoms with Crippen LogP contribution in [0.4, 0.5) is 0 Å². The third kappa shape index (κ3) is 5.24. The van der Waals surface area contributed by atoms with E-state index in [0.29, 0.717) is 19.0 Å². The molecule has 4 atom stereocenters. The fourth-order valence-electron chi connectivity index (χ4n) is 5.38. The molecule has 0 radical (unpaired) electrons. The largest absolute Gasteiger partial charge is 0.470 e. The Hall–Kier alpha value is -2.04. The Bertz CT molecular complexity index is 1460. The standard InChI is InChI=1S/C28H30I2N4O5/c1-29-17-9-16(15-5-7-34(8-6-15)24(31)12-35)10-18(30-2)26(17)20-4-3-19-21(32-20)11-25(33-19)39-23-14-38-27-22(36)13-37-28(23)27/h3-5,9-11,22-23,27-28,31,33,35-36H,1-2,6-8,12-14H2/t22-,23-,27?,28-/m1/s1. The third-order valence-electron chi connectivity index (χ3n) is 7.41. The molecule has 2 fully saturated rings. The minimum atomic E-state index is -0.609. The molecular weight excluding hydrogens is 726 g/mol. The molecule has 3 aromatic rings. The first kappa shape index (κ1) is 27.1. The van der Waals surface area contributed by atoms with Gasteiger partial charge in [0.05, 0.1) is 29.9 Å². The highest BCUT2D eigenvalue weighted by Gasteiger charge is 2.48. The number of benzene rings is 1. The number of fused-ring (bicyclic) bond motifs is 2. The van der Waals surface area contributed by atoms with E-state index in [4.69, 9.17) is 24.6 Å². The number of rotatable bonds is 7. The van der Waals surface area contributed by atoms with E-state index in [1.165, 1.54) is 18.3 Å². The highest BCUT2D eigenvalue weighted by Crippen LogP contribution is 2.37. The SMILES string of the molecule is C=Ic1cc(C2=CCN(C(=N)CO)CC2)cc(I=C)c1-c1ccc2[nH]c(O[C@@H]3COC4[C@H](O)CO[C@@H]43)cc2n1. The van der Waals surface area contributed by atoms with Crippen LogP contribution < -0.4 is 4.74 Å². The fraction of sp³-hybridized carbons (Fsp3) is 0.357. The Labute approximate surface area is 246 Å². The molecular formula is C28H30I2N4O5. The van der Waals surface area contributed by atoms with Gasteiger partial charge >= 0.3 is 0 Å². The number of aromatic amines is 1. The first-order chi connectivity index (χ1) is 19.0. The summed E-state index contributed by atoms with van der Waals surface area (Å²) in [5, 5.41) is 27.2. The Balaban J connectivity index is 1.28. The van der Waals surface area contributed by atoms with Gasteiger partial charge in [0.25, 0.3) is 0 Å². The lowest BCUT2D eigenvalue weighted by Gasteiger charge is -2.28. The quantitative estimate of drug-likeness (QED) is 0.166. The fourth-order valence-corrected chi connectivity index (χ4v) is 8.91. The molecule has 0 spiro atoms. The first-order valence-corrected chi connectivity index (χ1v) is 17.9. The van der Waals surface area contributed by atoms with E-state index in [2.05, 4.69) is 32.2 Å². The molecule has 4 N–H and O–H groups in total. The summed E-state index contributed by atoms with van der Waals surface area (Å²) in [6.45, 7) is 1.78. The van der Waals surface area contributed by atoms with Crippen LogP contribution in [0, 0.1) is 12.5 Å². The zero-order valence-corrected chi connectivity index (χ0v) is 25.5. The maximum absolute atomic E-state index is 10.0. The number of pyridine rings is 1. The molecule has 39 heavy (non-hydrogen) atoms. The molecule has 1 aromatic carbocycles. The van der Waals surface area contributed by atoms with E-state index in [0.717, 1.165) is 35.3 Å². The van der Waals surface area contributed by atoms with Crippen molar-refractivity contribution in [1.82, 2.24) is 14.9 Å². The predicted octanol–water partition coefficient (Wildman–Crippen LogP) is 3.34. The summed E-state index contributed by atoms with van der Waals surface area (Å²) in [6.07, 6.45) is 1.50. The first-order valence-electron chi connectivity index (χ1n) is 12.6. The summed E-state index contributed by atoms with van der Waals surface area (Å²) in [7, 11) is 0. The molecule has 3 aliphatic heterocycles. The average Bonchev–Trinajstić information content (AvgIpc) is 3.67. The zero-order chi connectivity index (χ0) is 27.1. The predicted molar refractivity (Wildman–Crippen MR) is 170 cm³/mol. The van der Waals surface area contributed by atoms with Gasteiger partial charge in [0.2, 0.25) is 0 Å². The number of aliphatic hydroxyl groups excluding tert-OH is 2. The van der Waals surface area contributed by atoms with E-state index in [1.54, 1.807) is 0 Å². The number of nitrogens with zero attached hydrogens (tertiary/aromatic N) is 2. The van der Waals surface area contributed by atoms with Crippen LogP contribution in [0.5, 0.6) is 5.88 Å². The second-order valence-electron chi connectivity index (χ2n) is 9.69. The maximum Gasteiger partial charge on any atom is 0.193 e. The van der Waals surface area contributed by atoms with Crippen molar-refractivity contribution in [3.8, 4) is 17.1 Å². The molecule has 3 aliphatic rings. The Morgan fingerprint density at radius 2 is 1.92 bits per heavy atom. The summed E-state index contributed by atoms with van der Waals surface area (Å²) >= 11 is -0.934. The second kappa shape index (κ2) is 11.4. The van der Waals surface area contributed by atoms with Crippen LogP contribution in [0.25, 0.3) is 27.9 Å². The topological polar surface area (TPSA) is 124 Å². The van der Waals surface area contributed by atoms with E-state index in [-0.39, 0.29) is 37.4 Å². The molecule has 0 amide bonds. The second-order valence-corrected chi connectivity index (χ2v) is 13.5. The highest BCUT2D eigenvalue weighted by molar-refractivity contribution is 14.2. The lowest BCUT2D eigenvalue weighted by atomic mass is 9.97. The number of aromatic nitrogens is 2. The summed E-state index contributed by atoms with van der Waals surface area (Å²) in [5.41, 5.74) is 6.26. The van der Waals surface area contributed by atoms with Gasteiger partial charge in [0.1, 0.15) is 30.8 Å². The van der Waals surface area contributed by atoms with Gasteiger partial charge in [0.15, 0.2) is 12.0 Å². The van der Waals surface area contributed by atoms with E-state index >= 15 is 0 Å². The molecule has 0 saturated carbocycles. The number of nitrogens with one attached hydrogen (secondary N) is 2. The molecule has 9 nitrogen and oxygen atoms in total. The van der Waals surface area contributed by atoms with Gasteiger partial charge in [-0.2, -0.15) is 0 Å². The van der Waals surface area contributed by atoms with Crippen molar-refractivity contribution in [3.63, 3.8) is 0 Å². The molecule has 5 heterocycles. The van der Waals surface area contributed by atoms with Crippen LogP contribution in [0.3, 0.4) is 0 Å². The van der Waals surface area contributed by atoms with Crippen LogP contribution in [-0.4, -0.2) is 97.3 Å². The normalized spacial score (nSPS) is 24.7. The van der Waals surface area contributed by atoms with Gasteiger partial charge in [-0.25, -0.2) is 4.98 Å². The number of hydrogen-bond donors (Lipinski definition) is 4. The van der Waals surface area contributed by atoms with Crippen LogP contribution in [0.15, 0.2) is 36.4 Å². The monoisotopic (exact) mass is 756 g/mol. The van der Waals surface area contributed by atoms with Crippen LogP contribution in [0.1, 0.15) is 12.0 Å². The molecule has 1 unspecified atom stereocenters. The minimum absolute atomic E-state index is 0.231. The summed E-state index contributed by atoms with van der Waals surface area (Å²) in [5.74, 6) is 0.868. The van der Waals surface area contributed by atoms with Gasteiger partial charge in [-0.3, -0.25) is 5.41 Å². The minimum Gasteiger partial charge on any atom is -0.470 e. The highest BCUT2D eigenvalue weighted by atomic mass is 127. The molecule has 0 bridgehead atoms. The number of aliphatic hydroxyl groups is 2. The van der Waals surface area contributed by atoms with Crippen molar-refractivity contribution in [3.05, 3.63) is 49.1 Å². The average molecular weight is 756 g/mol. The van der Waals surface area contributed by atoms with E-state index in [1.807, 2.05) is 23.1 Å². The number of H-pyrrole nitrogens is 1. The van der Waals surface area contributed by atoms with Gasteiger partial charge in [-0.05, 0) is 41.8 Å². The molecule has 2 aromatic heterocycles. The zero-order valence-electron chi connectivity index (χ0n) is 21.2. The summed E-state index contributed by atoms with van der Waals surface area (Å²) in [4.78, 5) is 10.2. The van der Waals surface area contributed by atoms with Gasteiger partial charge < -0.3 is 34.3 Å². The third-order valence-corrected chi connectivity index (χ3v) is 10.8. The number of ether oxygens (including phenoxy) is 3. The van der Waals surface area contributed by atoms with Crippen molar-refractivity contribution in [2.75, 3.05) is 32.9 Å². The lowest BCUT2D eigenvalue weighted by molar-refractivity contribution is 0.00794. The molecule has 11 heteroatoms. The number of halogens is 2. The smallest absolute Gasteiger partial charge is 0.193 e. The Morgan fingerprint density at radius 1 is 1.15 bits per heavy atom. The van der Waals surface area contributed by atoms with Crippen LogP contribution in [-0.2, 0) is 9.47 Å². The van der Waals surface area contributed by atoms with E-state index < -0.39 is 47.6 Å². The molecule has 2 saturated heterocycles. The summed E-state index contributed by atoms with van der Waals surface area (Å²) < 4.78 is 28.7. The molecule has 0 aliphatic carbocycles. The van der Waals surface area contributed by atoms with E-state index in [9.17, 15) is 10.2 Å². The number of amidine groups is 1. The Morgan fingerprint density at radius 3 is 2.62 bits per heavy atom. The van der Waals surface area contributed by atoms with Crippen LogP contribution >= 0.6 is 41.5 Å². The van der Waals surface area contributed by atoms with Gasteiger partial charge in [-0.1, -0.05) is 56.6 Å². The Kier molecular flexibility index (Phi) is 7.97. The van der Waals surface area contributed by atoms with Gasteiger partial charge in [0, 0.05) is 31.9 Å². The lowest BCUT2D eigenvalue weighted by Crippen LogP contribution is -2.36. The van der Waals surface area contributed by atoms with Crippen molar-refractivity contribution in [2.45, 2.75) is 30.8 Å². The van der Waals surface area contributed by atoms with Crippen molar-refractivity contribution < 1.29 is 24.4 Å². The molecule has 206 valence electrons.